The second-order valence-corrected chi connectivity index (χ2v) is 7.56. The van der Waals surface area contributed by atoms with Crippen molar-refractivity contribution < 1.29 is 14.3 Å². The van der Waals surface area contributed by atoms with E-state index in [9.17, 15) is 4.79 Å². The molecule has 0 aliphatic heterocycles. The van der Waals surface area contributed by atoms with Crippen LogP contribution in [0.3, 0.4) is 0 Å². The number of aryl methyl sites for hydroxylation is 2. The zero-order valence-electron chi connectivity index (χ0n) is 18.4. The average molecular weight is 428 g/mol. The van der Waals surface area contributed by atoms with Crippen LogP contribution in [0, 0.1) is 13.8 Å². The van der Waals surface area contributed by atoms with Crippen molar-refractivity contribution in [1.29, 1.82) is 0 Å². The second kappa shape index (κ2) is 9.47. The van der Waals surface area contributed by atoms with E-state index in [4.69, 9.17) is 9.47 Å². The van der Waals surface area contributed by atoms with Crippen molar-refractivity contribution in [2.24, 2.45) is 0 Å². The summed E-state index contributed by atoms with van der Waals surface area (Å²) in [6.07, 6.45) is 3.71. The van der Waals surface area contributed by atoms with Gasteiger partial charge in [-0.15, -0.1) is 0 Å². The summed E-state index contributed by atoms with van der Waals surface area (Å²) in [5.41, 5.74) is 5.42. The van der Waals surface area contributed by atoms with Crippen LogP contribution in [0.2, 0.25) is 0 Å². The van der Waals surface area contributed by atoms with Crippen LogP contribution in [0.5, 0.6) is 11.5 Å². The number of fused-ring (bicyclic) bond motifs is 1. The lowest BCUT2D eigenvalue weighted by Gasteiger charge is -2.14. The first-order chi connectivity index (χ1) is 15.5. The number of anilines is 1. The molecule has 0 bridgehead atoms. The number of aromatic nitrogens is 2. The van der Waals surface area contributed by atoms with Crippen LogP contribution in [-0.2, 0) is 17.8 Å². The van der Waals surface area contributed by atoms with Gasteiger partial charge in [-0.1, -0.05) is 24.3 Å². The highest BCUT2D eigenvalue weighted by atomic mass is 16.5. The van der Waals surface area contributed by atoms with Gasteiger partial charge in [0.15, 0.2) is 11.5 Å². The number of benzene rings is 2. The zero-order chi connectivity index (χ0) is 22.5. The van der Waals surface area contributed by atoms with E-state index < -0.39 is 0 Å². The minimum Gasteiger partial charge on any atom is -0.493 e. The fourth-order valence-corrected chi connectivity index (χ4v) is 3.71. The van der Waals surface area contributed by atoms with Crippen molar-refractivity contribution in [1.82, 2.24) is 9.97 Å². The van der Waals surface area contributed by atoms with Crippen molar-refractivity contribution in [3.63, 3.8) is 0 Å². The summed E-state index contributed by atoms with van der Waals surface area (Å²) in [5, 5.41) is 4.03. The van der Waals surface area contributed by atoms with Crippen molar-refractivity contribution >= 4 is 22.5 Å². The second-order valence-electron chi connectivity index (χ2n) is 7.56. The molecule has 0 atom stereocenters. The molecule has 6 nitrogen and oxygen atoms in total. The molecule has 2 aromatic heterocycles. The number of hydrogen-bond acceptors (Lipinski definition) is 5. The number of para-hydroxylation sites is 1. The van der Waals surface area contributed by atoms with Gasteiger partial charge in [-0.25, -0.2) is 0 Å². The molecule has 0 aliphatic carbocycles. The molecule has 0 saturated heterocycles. The normalized spacial score (nSPS) is 10.7. The number of nitrogens with one attached hydrogen (secondary N) is 1. The lowest BCUT2D eigenvalue weighted by molar-refractivity contribution is -0.115. The average Bonchev–Trinajstić information content (AvgIpc) is 2.81. The summed E-state index contributed by atoms with van der Waals surface area (Å²) < 4.78 is 11.3. The van der Waals surface area contributed by atoms with Crippen LogP contribution in [0.4, 0.5) is 5.69 Å². The van der Waals surface area contributed by atoms with Gasteiger partial charge in [0, 0.05) is 40.8 Å². The molecule has 2 heterocycles. The van der Waals surface area contributed by atoms with Crippen LogP contribution in [-0.4, -0.2) is 23.0 Å². The highest BCUT2D eigenvalue weighted by Gasteiger charge is 2.14. The topological polar surface area (TPSA) is 73.3 Å². The summed E-state index contributed by atoms with van der Waals surface area (Å²) in [6, 6.07) is 17.1. The van der Waals surface area contributed by atoms with Crippen LogP contribution < -0.4 is 14.8 Å². The minimum atomic E-state index is -0.114. The number of hydrogen-bond donors (Lipinski definition) is 1. The lowest BCUT2D eigenvalue weighted by Crippen LogP contribution is -2.16. The van der Waals surface area contributed by atoms with Gasteiger partial charge in [0.1, 0.15) is 6.61 Å². The Morgan fingerprint density at radius 2 is 1.88 bits per heavy atom. The highest BCUT2D eigenvalue weighted by Crippen LogP contribution is 2.31. The van der Waals surface area contributed by atoms with E-state index in [1.807, 2.05) is 50.2 Å². The van der Waals surface area contributed by atoms with Gasteiger partial charge in [-0.2, -0.15) is 0 Å². The first kappa shape index (κ1) is 21.3. The molecule has 1 amide bonds. The van der Waals surface area contributed by atoms with Gasteiger partial charge in [0.2, 0.25) is 5.91 Å². The van der Waals surface area contributed by atoms with Crippen LogP contribution >= 0.6 is 0 Å². The molecular formula is C26H25N3O3. The molecule has 4 rings (SSSR count). The predicted octanol–water partition coefficient (Wildman–Crippen LogP) is 5.02. The smallest absolute Gasteiger partial charge is 0.228 e. The molecule has 4 aromatic rings. The minimum absolute atomic E-state index is 0.114. The number of rotatable bonds is 7. The molecule has 0 unspecified atom stereocenters. The number of methoxy groups -OCH3 is 1. The molecular weight excluding hydrogens is 402 g/mol. The van der Waals surface area contributed by atoms with Gasteiger partial charge in [-0.05, 0) is 49.2 Å². The van der Waals surface area contributed by atoms with Gasteiger partial charge >= 0.3 is 0 Å². The highest BCUT2D eigenvalue weighted by molar-refractivity contribution is 5.94. The summed E-state index contributed by atoms with van der Waals surface area (Å²) in [7, 11) is 1.59. The summed E-state index contributed by atoms with van der Waals surface area (Å²) in [5.74, 6) is 1.03. The van der Waals surface area contributed by atoms with E-state index in [1.165, 1.54) is 0 Å². The Bertz CT molecular complexity index is 1260. The van der Waals surface area contributed by atoms with Gasteiger partial charge in [0.25, 0.3) is 0 Å². The lowest BCUT2D eigenvalue weighted by atomic mass is 9.99. The maximum Gasteiger partial charge on any atom is 0.228 e. The summed E-state index contributed by atoms with van der Waals surface area (Å²) in [6.45, 7) is 4.33. The van der Waals surface area contributed by atoms with Crippen molar-refractivity contribution in [2.75, 3.05) is 12.4 Å². The SMILES string of the molecule is COc1ccc(NC(=O)Cc2c(C)nc3ccccc3c2C)cc1OCc1cccnc1. The third kappa shape index (κ3) is 4.70. The first-order valence-corrected chi connectivity index (χ1v) is 10.4. The van der Waals surface area contributed by atoms with Crippen molar-refractivity contribution in [3.05, 3.63) is 89.4 Å². The number of amides is 1. The Balaban J connectivity index is 1.50. The summed E-state index contributed by atoms with van der Waals surface area (Å²) >= 11 is 0. The number of carbonyl (C=O) groups excluding carboxylic acids is 1. The van der Waals surface area contributed by atoms with Crippen LogP contribution in [0.1, 0.15) is 22.4 Å². The van der Waals surface area contributed by atoms with E-state index in [0.717, 1.165) is 33.3 Å². The molecule has 162 valence electrons. The van der Waals surface area contributed by atoms with Crippen molar-refractivity contribution in [3.8, 4) is 11.5 Å². The third-order valence-electron chi connectivity index (χ3n) is 5.39. The van der Waals surface area contributed by atoms with E-state index in [1.54, 1.807) is 37.7 Å². The first-order valence-electron chi connectivity index (χ1n) is 10.4. The predicted molar refractivity (Wildman–Crippen MR) is 125 cm³/mol. The van der Waals surface area contributed by atoms with E-state index >= 15 is 0 Å². The van der Waals surface area contributed by atoms with E-state index in [2.05, 4.69) is 15.3 Å². The Morgan fingerprint density at radius 1 is 1.03 bits per heavy atom. The van der Waals surface area contributed by atoms with Gasteiger partial charge < -0.3 is 14.8 Å². The van der Waals surface area contributed by atoms with Crippen LogP contribution in [0.25, 0.3) is 10.9 Å². The molecule has 32 heavy (non-hydrogen) atoms. The Hall–Kier alpha value is -3.93. The quantitative estimate of drug-likeness (QED) is 0.449. The zero-order valence-corrected chi connectivity index (χ0v) is 18.4. The Labute approximate surface area is 187 Å². The molecule has 0 aliphatic rings. The largest absolute Gasteiger partial charge is 0.493 e. The molecule has 0 fully saturated rings. The van der Waals surface area contributed by atoms with E-state index in [0.29, 0.717) is 23.8 Å². The maximum absolute atomic E-state index is 12.8. The monoisotopic (exact) mass is 427 g/mol. The van der Waals surface area contributed by atoms with Crippen molar-refractivity contribution in [2.45, 2.75) is 26.9 Å². The standard InChI is InChI=1S/C26H25N3O3/c1-17-21-8-4-5-9-23(21)28-18(2)22(17)14-26(30)29-20-10-11-24(31-3)25(13-20)32-16-19-7-6-12-27-15-19/h4-13,15H,14,16H2,1-3H3,(H,29,30). The summed E-state index contributed by atoms with van der Waals surface area (Å²) in [4.78, 5) is 21.6. The fraction of sp³-hybridized carbons (Fsp3) is 0.192. The Kier molecular flexibility index (Phi) is 6.31. The molecule has 1 N–H and O–H groups in total. The number of carbonyl (C=O) groups is 1. The third-order valence-corrected chi connectivity index (χ3v) is 5.39. The number of pyridine rings is 2. The Morgan fingerprint density at radius 3 is 2.66 bits per heavy atom. The molecule has 0 spiro atoms. The molecule has 0 radical (unpaired) electrons. The van der Waals surface area contributed by atoms with E-state index in [-0.39, 0.29) is 12.3 Å². The van der Waals surface area contributed by atoms with Crippen LogP contribution in [0.15, 0.2) is 67.0 Å². The van der Waals surface area contributed by atoms with Gasteiger partial charge in [-0.3, -0.25) is 14.8 Å². The van der Waals surface area contributed by atoms with Gasteiger partial charge in [0.05, 0.1) is 19.0 Å². The molecule has 0 saturated carbocycles. The molecule has 6 heteroatoms. The maximum atomic E-state index is 12.8. The number of ether oxygens (including phenoxy) is 2. The number of nitrogens with zero attached hydrogens (tertiary/aromatic N) is 2. The fourth-order valence-electron chi connectivity index (χ4n) is 3.71. The molecule has 2 aromatic carbocycles.